The number of rotatable bonds is 6. The Bertz CT molecular complexity index is 613. The first-order valence-corrected chi connectivity index (χ1v) is 8.95. The van der Waals surface area contributed by atoms with Crippen molar-refractivity contribution < 1.29 is 9.53 Å². The molecule has 0 aliphatic heterocycles. The molecule has 7 heteroatoms. The van der Waals surface area contributed by atoms with E-state index in [2.05, 4.69) is 15.6 Å². The van der Waals surface area contributed by atoms with E-state index >= 15 is 0 Å². The number of amides is 1. The maximum Gasteiger partial charge on any atom is 0.241 e. The van der Waals surface area contributed by atoms with Gasteiger partial charge in [0.1, 0.15) is 5.75 Å². The Labute approximate surface area is 154 Å². The van der Waals surface area contributed by atoms with Gasteiger partial charge in [0.2, 0.25) is 5.91 Å². The maximum atomic E-state index is 11.8. The average molecular weight is 367 g/mol. The van der Waals surface area contributed by atoms with E-state index in [0.717, 1.165) is 18.4 Å². The largest absolute Gasteiger partial charge is 0.495 e. The molecule has 138 valence electrons. The van der Waals surface area contributed by atoms with E-state index < -0.39 is 0 Å². The van der Waals surface area contributed by atoms with E-state index in [0.29, 0.717) is 29.3 Å². The molecule has 0 radical (unpaired) electrons. The normalized spacial score (nSPS) is 15.1. The zero-order chi connectivity index (χ0) is 18.2. The van der Waals surface area contributed by atoms with Crippen molar-refractivity contribution in [2.45, 2.75) is 38.3 Å². The van der Waals surface area contributed by atoms with Crippen molar-refractivity contribution in [3.8, 4) is 5.75 Å². The number of benzene rings is 1. The van der Waals surface area contributed by atoms with Crippen LogP contribution in [0.25, 0.3) is 0 Å². The molecule has 1 amide bonds. The lowest BCUT2D eigenvalue weighted by molar-refractivity contribution is -0.127. The summed E-state index contributed by atoms with van der Waals surface area (Å²) in [5, 5.41) is 7.12. The van der Waals surface area contributed by atoms with Crippen molar-refractivity contribution in [2.24, 2.45) is 4.99 Å². The lowest BCUT2D eigenvalue weighted by Crippen LogP contribution is -2.46. The van der Waals surface area contributed by atoms with Gasteiger partial charge in [-0.2, -0.15) is 0 Å². The zero-order valence-corrected chi connectivity index (χ0v) is 15.9. The number of methoxy groups -OCH3 is 1. The highest BCUT2D eigenvalue weighted by atomic mass is 35.5. The lowest BCUT2D eigenvalue weighted by atomic mass is 10.2. The minimum Gasteiger partial charge on any atom is -0.495 e. The van der Waals surface area contributed by atoms with Crippen molar-refractivity contribution in [1.29, 1.82) is 0 Å². The van der Waals surface area contributed by atoms with E-state index in [-0.39, 0.29) is 12.5 Å². The second-order valence-electron chi connectivity index (χ2n) is 6.40. The Balaban J connectivity index is 2.02. The summed E-state index contributed by atoms with van der Waals surface area (Å²) in [7, 11) is 5.07. The van der Waals surface area contributed by atoms with Crippen molar-refractivity contribution in [1.82, 2.24) is 15.5 Å². The van der Waals surface area contributed by atoms with Crippen LogP contribution >= 0.6 is 11.6 Å². The van der Waals surface area contributed by atoms with Gasteiger partial charge >= 0.3 is 0 Å². The van der Waals surface area contributed by atoms with Crippen molar-refractivity contribution in [3.63, 3.8) is 0 Å². The van der Waals surface area contributed by atoms with E-state index in [4.69, 9.17) is 16.3 Å². The van der Waals surface area contributed by atoms with Crippen LogP contribution < -0.4 is 15.4 Å². The van der Waals surface area contributed by atoms with Gasteiger partial charge in [-0.25, -0.2) is 4.99 Å². The van der Waals surface area contributed by atoms with Gasteiger partial charge < -0.3 is 20.3 Å². The summed E-state index contributed by atoms with van der Waals surface area (Å²) in [6.07, 6.45) is 4.73. The number of carbonyl (C=O) groups excluding carboxylic acids is 1. The zero-order valence-electron chi connectivity index (χ0n) is 15.1. The minimum atomic E-state index is 0.00779. The van der Waals surface area contributed by atoms with Gasteiger partial charge in [-0.05, 0) is 30.5 Å². The Morgan fingerprint density at radius 1 is 1.36 bits per heavy atom. The number of halogens is 1. The first-order chi connectivity index (χ1) is 12.0. The highest BCUT2D eigenvalue weighted by Crippen LogP contribution is 2.25. The summed E-state index contributed by atoms with van der Waals surface area (Å²) in [4.78, 5) is 18.0. The fourth-order valence-electron chi connectivity index (χ4n) is 2.71. The molecule has 2 rings (SSSR count). The van der Waals surface area contributed by atoms with Gasteiger partial charge in [-0.3, -0.25) is 4.79 Å². The fraction of sp³-hybridized carbons (Fsp3) is 0.556. The molecule has 1 fully saturated rings. The van der Waals surface area contributed by atoms with Gasteiger partial charge in [-0.1, -0.05) is 30.5 Å². The standard InChI is InChI=1S/C18H27ClN4O2/c1-23(2)17(24)12-21-18(22-14-6-4-5-7-14)20-11-13-8-9-16(25-3)15(19)10-13/h8-10,14H,4-7,11-12H2,1-3H3,(H2,20,21,22). The van der Waals surface area contributed by atoms with Crippen molar-refractivity contribution in [3.05, 3.63) is 28.8 Å². The second kappa shape index (κ2) is 9.51. The summed E-state index contributed by atoms with van der Waals surface area (Å²) in [5.41, 5.74) is 0.984. The van der Waals surface area contributed by atoms with Crippen LogP contribution in [-0.4, -0.2) is 50.6 Å². The molecule has 1 saturated carbocycles. The number of hydrogen-bond donors (Lipinski definition) is 2. The van der Waals surface area contributed by atoms with Crippen molar-refractivity contribution >= 4 is 23.5 Å². The quantitative estimate of drug-likeness (QED) is 0.599. The monoisotopic (exact) mass is 366 g/mol. The van der Waals surface area contributed by atoms with E-state index in [1.54, 1.807) is 26.1 Å². The molecule has 25 heavy (non-hydrogen) atoms. The third-order valence-corrected chi connectivity index (χ3v) is 4.53. The highest BCUT2D eigenvalue weighted by molar-refractivity contribution is 6.32. The van der Waals surface area contributed by atoms with Gasteiger partial charge in [0.05, 0.1) is 25.2 Å². The lowest BCUT2D eigenvalue weighted by Gasteiger charge is -2.18. The van der Waals surface area contributed by atoms with Crippen molar-refractivity contribution in [2.75, 3.05) is 27.7 Å². The van der Waals surface area contributed by atoms with Crippen LogP contribution in [0.1, 0.15) is 31.2 Å². The summed E-state index contributed by atoms with van der Waals surface area (Å²) < 4.78 is 5.17. The summed E-state index contributed by atoms with van der Waals surface area (Å²) >= 11 is 6.16. The Morgan fingerprint density at radius 2 is 2.08 bits per heavy atom. The Morgan fingerprint density at radius 3 is 2.68 bits per heavy atom. The molecule has 1 aromatic carbocycles. The molecule has 6 nitrogen and oxygen atoms in total. The molecule has 0 saturated heterocycles. The number of aliphatic imine (C=N–C) groups is 1. The fourth-order valence-corrected chi connectivity index (χ4v) is 2.99. The van der Waals surface area contributed by atoms with Crippen LogP contribution in [0.3, 0.4) is 0 Å². The molecule has 0 unspecified atom stereocenters. The first kappa shape index (κ1) is 19.4. The highest BCUT2D eigenvalue weighted by Gasteiger charge is 2.16. The molecular weight excluding hydrogens is 340 g/mol. The summed E-state index contributed by atoms with van der Waals surface area (Å²) in [6, 6.07) is 6.04. The van der Waals surface area contributed by atoms with Crippen LogP contribution in [0, 0.1) is 0 Å². The van der Waals surface area contributed by atoms with E-state index in [1.807, 2.05) is 18.2 Å². The smallest absolute Gasteiger partial charge is 0.241 e. The number of nitrogens with one attached hydrogen (secondary N) is 2. The maximum absolute atomic E-state index is 11.8. The summed E-state index contributed by atoms with van der Waals surface area (Å²) in [5.74, 6) is 1.32. The molecule has 0 heterocycles. The molecule has 0 bridgehead atoms. The molecule has 0 atom stereocenters. The van der Waals surface area contributed by atoms with Crippen LogP contribution in [0.2, 0.25) is 5.02 Å². The van der Waals surface area contributed by atoms with Crippen LogP contribution in [0.4, 0.5) is 0 Å². The van der Waals surface area contributed by atoms with Gasteiger partial charge in [0.25, 0.3) is 0 Å². The topological polar surface area (TPSA) is 66.0 Å². The minimum absolute atomic E-state index is 0.00779. The first-order valence-electron chi connectivity index (χ1n) is 8.57. The number of nitrogens with zero attached hydrogens (tertiary/aromatic N) is 2. The van der Waals surface area contributed by atoms with E-state index in [9.17, 15) is 4.79 Å². The molecule has 1 aromatic rings. The number of hydrogen-bond acceptors (Lipinski definition) is 3. The van der Waals surface area contributed by atoms with Gasteiger partial charge in [0, 0.05) is 20.1 Å². The Hall–Kier alpha value is -1.95. The van der Waals surface area contributed by atoms with Gasteiger partial charge in [-0.15, -0.1) is 0 Å². The molecule has 0 spiro atoms. The second-order valence-corrected chi connectivity index (χ2v) is 6.81. The SMILES string of the molecule is COc1ccc(CN=C(NCC(=O)N(C)C)NC2CCCC2)cc1Cl. The number of likely N-dealkylation sites (N-methyl/N-ethyl adjacent to an activating group) is 1. The van der Waals surface area contributed by atoms with Crippen LogP contribution in [-0.2, 0) is 11.3 Å². The molecule has 2 N–H and O–H groups in total. The molecule has 1 aliphatic carbocycles. The molecular formula is C18H27ClN4O2. The van der Waals surface area contributed by atoms with E-state index in [1.165, 1.54) is 12.8 Å². The number of guanidine groups is 1. The van der Waals surface area contributed by atoms with Crippen LogP contribution in [0.15, 0.2) is 23.2 Å². The molecule has 1 aliphatic rings. The molecule has 0 aromatic heterocycles. The third kappa shape index (κ3) is 6.12. The predicted octanol–water partition coefficient (Wildman–Crippen LogP) is 2.41. The summed E-state index contributed by atoms with van der Waals surface area (Å²) in [6.45, 7) is 0.691. The number of ether oxygens (including phenoxy) is 1. The predicted molar refractivity (Wildman–Crippen MR) is 101 cm³/mol. The third-order valence-electron chi connectivity index (χ3n) is 4.24. The van der Waals surface area contributed by atoms with Gasteiger partial charge in [0.15, 0.2) is 5.96 Å². The Kier molecular flexibility index (Phi) is 7.37. The number of carbonyl (C=O) groups is 1. The van der Waals surface area contributed by atoms with Crippen LogP contribution in [0.5, 0.6) is 5.75 Å². The average Bonchev–Trinajstić information content (AvgIpc) is 3.10.